The Balaban J connectivity index is 2.33. The second-order valence-corrected chi connectivity index (χ2v) is 5.83. The molecule has 0 bridgehead atoms. The van der Waals surface area contributed by atoms with E-state index in [0.717, 1.165) is 51.9 Å². The maximum atomic E-state index is 12.0. The predicted molar refractivity (Wildman–Crippen MR) is 84.8 cm³/mol. The Labute approximate surface area is 129 Å². The first-order chi connectivity index (χ1) is 10.1. The van der Waals surface area contributed by atoms with Gasteiger partial charge >= 0.3 is 0 Å². The quantitative estimate of drug-likeness (QED) is 0.739. The number of carbonyl (C=O) groups is 1. The van der Waals surface area contributed by atoms with Crippen molar-refractivity contribution in [2.24, 2.45) is 0 Å². The van der Waals surface area contributed by atoms with Gasteiger partial charge in [-0.1, -0.05) is 27.2 Å². The van der Waals surface area contributed by atoms with Gasteiger partial charge in [0, 0.05) is 32.2 Å². The standard InChI is InChI=1S/C16H30N4O/c1-4-7-15(12-17)20-10-8-19(9-11-20)13-16(21)18-14(5-2)6-3/h14-15H,4-11,13H2,1-3H3,(H,18,21). The van der Waals surface area contributed by atoms with Crippen molar-refractivity contribution in [2.45, 2.75) is 58.5 Å². The van der Waals surface area contributed by atoms with Crippen molar-refractivity contribution in [1.82, 2.24) is 15.1 Å². The maximum absolute atomic E-state index is 12.0. The summed E-state index contributed by atoms with van der Waals surface area (Å²) in [5.74, 6) is 0.127. The fourth-order valence-corrected chi connectivity index (χ4v) is 2.80. The van der Waals surface area contributed by atoms with Gasteiger partial charge < -0.3 is 5.32 Å². The number of hydrogen-bond donors (Lipinski definition) is 1. The zero-order valence-electron chi connectivity index (χ0n) is 13.8. The average molecular weight is 294 g/mol. The summed E-state index contributed by atoms with van der Waals surface area (Å²) in [4.78, 5) is 16.4. The van der Waals surface area contributed by atoms with Gasteiger partial charge in [-0.3, -0.25) is 14.6 Å². The molecule has 5 heteroatoms. The molecule has 1 unspecified atom stereocenters. The first kappa shape index (κ1) is 17.9. The highest BCUT2D eigenvalue weighted by Crippen LogP contribution is 2.10. The van der Waals surface area contributed by atoms with Crippen LogP contribution in [0.25, 0.3) is 0 Å². The highest BCUT2D eigenvalue weighted by Gasteiger charge is 2.24. The van der Waals surface area contributed by atoms with Crippen LogP contribution in [0.3, 0.4) is 0 Å². The summed E-state index contributed by atoms with van der Waals surface area (Å²) < 4.78 is 0. The Hall–Kier alpha value is -1.12. The SMILES string of the molecule is CCCC(C#N)N1CCN(CC(=O)NC(CC)CC)CC1. The number of rotatable bonds is 8. The summed E-state index contributed by atoms with van der Waals surface area (Å²) in [6.07, 6.45) is 3.94. The van der Waals surface area contributed by atoms with Crippen molar-refractivity contribution in [3.05, 3.63) is 0 Å². The molecule has 0 spiro atoms. The third-order valence-corrected chi connectivity index (χ3v) is 4.28. The van der Waals surface area contributed by atoms with E-state index in [1.165, 1.54) is 0 Å². The molecule has 1 rings (SSSR count). The second kappa shape index (κ2) is 9.75. The summed E-state index contributed by atoms with van der Waals surface area (Å²) in [5.41, 5.74) is 0. The number of nitrogens with one attached hydrogen (secondary N) is 1. The van der Waals surface area contributed by atoms with E-state index in [2.05, 4.69) is 42.0 Å². The van der Waals surface area contributed by atoms with E-state index in [1.807, 2.05) is 0 Å². The predicted octanol–water partition coefficient (Wildman–Crippen LogP) is 1.60. The van der Waals surface area contributed by atoms with Crippen LogP contribution in [0.15, 0.2) is 0 Å². The Morgan fingerprint density at radius 2 is 1.81 bits per heavy atom. The van der Waals surface area contributed by atoms with Gasteiger partial charge in [0.05, 0.1) is 18.7 Å². The van der Waals surface area contributed by atoms with Gasteiger partial charge in [0.25, 0.3) is 0 Å². The number of hydrogen-bond acceptors (Lipinski definition) is 4. The molecule has 0 aromatic carbocycles. The van der Waals surface area contributed by atoms with Crippen LogP contribution in [-0.2, 0) is 4.79 Å². The van der Waals surface area contributed by atoms with Gasteiger partial charge in [-0.15, -0.1) is 0 Å². The van der Waals surface area contributed by atoms with Crippen molar-refractivity contribution < 1.29 is 4.79 Å². The molecule has 1 N–H and O–H groups in total. The summed E-state index contributed by atoms with van der Waals surface area (Å²) in [6, 6.07) is 2.73. The lowest BCUT2D eigenvalue weighted by Gasteiger charge is -2.36. The van der Waals surface area contributed by atoms with Crippen molar-refractivity contribution >= 4 is 5.91 Å². The number of amides is 1. The molecule has 5 nitrogen and oxygen atoms in total. The van der Waals surface area contributed by atoms with Crippen molar-refractivity contribution in [3.8, 4) is 6.07 Å². The van der Waals surface area contributed by atoms with Crippen LogP contribution in [0.5, 0.6) is 0 Å². The summed E-state index contributed by atoms with van der Waals surface area (Å²) in [6.45, 7) is 10.3. The molecular formula is C16H30N4O. The molecule has 0 radical (unpaired) electrons. The number of nitrogens with zero attached hydrogens (tertiary/aromatic N) is 3. The largest absolute Gasteiger partial charge is 0.352 e. The van der Waals surface area contributed by atoms with Gasteiger partial charge in [-0.2, -0.15) is 5.26 Å². The minimum absolute atomic E-state index is 0.0375. The van der Waals surface area contributed by atoms with Crippen LogP contribution < -0.4 is 5.32 Å². The van der Waals surface area contributed by atoms with Crippen LogP contribution in [0.4, 0.5) is 0 Å². The molecule has 120 valence electrons. The molecule has 1 fully saturated rings. The van der Waals surface area contributed by atoms with E-state index in [0.29, 0.717) is 12.6 Å². The molecule has 21 heavy (non-hydrogen) atoms. The summed E-state index contributed by atoms with van der Waals surface area (Å²) in [5, 5.41) is 12.3. The van der Waals surface area contributed by atoms with Crippen molar-refractivity contribution in [2.75, 3.05) is 32.7 Å². The Morgan fingerprint density at radius 1 is 1.19 bits per heavy atom. The molecule has 1 atom stereocenters. The number of piperazine rings is 1. The molecule has 1 aliphatic heterocycles. The Bertz CT molecular complexity index is 341. The Morgan fingerprint density at radius 3 is 2.29 bits per heavy atom. The van der Waals surface area contributed by atoms with E-state index < -0.39 is 0 Å². The Kier molecular flexibility index (Phi) is 8.33. The normalized spacial score (nSPS) is 18.4. The van der Waals surface area contributed by atoms with E-state index >= 15 is 0 Å². The fraction of sp³-hybridized carbons (Fsp3) is 0.875. The lowest BCUT2D eigenvalue weighted by Crippen LogP contribution is -2.52. The van der Waals surface area contributed by atoms with Gasteiger partial charge in [-0.25, -0.2) is 0 Å². The molecule has 0 aromatic rings. The van der Waals surface area contributed by atoms with E-state index in [-0.39, 0.29) is 11.9 Å². The van der Waals surface area contributed by atoms with Gasteiger partial charge in [-0.05, 0) is 19.3 Å². The van der Waals surface area contributed by atoms with Crippen molar-refractivity contribution in [1.29, 1.82) is 5.26 Å². The lowest BCUT2D eigenvalue weighted by atomic mass is 10.1. The minimum atomic E-state index is 0.0375. The first-order valence-corrected chi connectivity index (χ1v) is 8.29. The topological polar surface area (TPSA) is 59.4 Å². The van der Waals surface area contributed by atoms with E-state index in [4.69, 9.17) is 0 Å². The third kappa shape index (κ3) is 6.03. The highest BCUT2D eigenvalue weighted by atomic mass is 16.2. The number of nitriles is 1. The minimum Gasteiger partial charge on any atom is -0.352 e. The van der Waals surface area contributed by atoms with E-state index in [1.54, 1.807) is 0 Å². The molecule has 1 saturated heterocycles. The third-order valence-electron chi connectivity index (χ3n) is 4.28. The van der Waals surface area contributed by atoms with Crippen LogP contribution in [-0.4, -0.2) is 60.5 Å². The molecule has 0 saturated carbocycles. The smallest absolute Gasteiger partial charge is 0.234 e. The molecule has 0 aliphatic carbocycles. The fourth-order valence-electron chi connectivity index (χ4n) is 2.80. The highest BCUT2D eigenvalue weighted by molar-refractivity contribution is 5.78. The maximum Gasteiger partial charge on any atom is 0.234 e. The molecule has 1 aliphatic rings. The summed E-state index contributed by atoms with van der Waals surface area (Å²) >= 11 is 0. The van der Waals surface area contributed by atoms with Gasteiger partial charge in [0.1, 0.15) is 0 Å². The molecule has 1 amide bonds. The second-order valence-electron chi connectivity index (χ2n) is 5.83. The monoisotopic (exact) mass is 294 g/mol. The van der Waals surface area contributed by atoms with Crippen LogP contribution in [0, 0.1) is 11.3 Å². The number of carbonyl (C=O) groups excluding carboxylic acids is 1. The zero-order chi connectivity index (χ0) is 15.7. The molecule has 0 aromatic heterocycles. The van der Waals surface area contributed by atoms with Crippen LogP contribution in [0.2, 0.25) is 0 Å². The van der Waals surface area contributed by atoms with Gasteiger partial charge in [0.15, 0.2) is 0 Å². The van der Waals surface area contributed by atoms with Crippen LogP contribution in [0.1, 0.15) is 46.5 Å². The van der Waals surface area contributed by atoms with Crippen LogP contribution >= 0.6 is 0 Å². The lowest BCUT2D eigenvalue weighted by molar-refractivity contribution is -0.123. The molecule has 1 heterocycles. The average Bonchev–Trinajstić information content (AvgIpc) is 2.51. The zero-order valence-corrected chi connectivity index (χ0v) is 13.8. The molecular weight excluding hydrogens is 264 g/mol. The summed E-state index contributed by atoms with van der Waals surface area (Å²) in [7, 11) is 0. The van der Waals surface area contributed by atoms with E-state index in [9.17, 15) is 10.1 Å². The van der Waals surface area contributed by atoms with Crippen molar-refractivity contribution in [3.63, 3.8) is 0 Å². The van der Waals surface area contributed by atoms with Gasteiger partial charge in [0.2, 0.25) is 5.91 Å². The first-order valence-electron chi connectivity index (χ1n) is 8.29.